The average molecular weight is 234 g/mol. The molecule has 90 valence electrons. The van der Waals surface area contributed by atoms with Crippen LogP contribution in [0.1, 0.15) is 33.6 Å². The van der Waals surface area contributed by atoms with Crippen molar-refractivity contribution in [2.24, 2.45) is 5.73 Å². The van der Waals surface area contributed by atoms with Gasteiger partial charge in [-0.15, -0.1) is 0 Å². The zero-order chi connectivity index (χ0) is 11.8. The van der Waals surface area contributed by atoms with Crippen LogP contribution in [-0.2, 0) is 15.6 Å². The van der Waals surface area contributed by atoms with Crippen LogP contribution in [0.25, 0.3) is 0 Å². The van der Waals surface area contributed by atoms with Crippen LogP contribution in [0.4, 0.5) is 0 Å². The Labute approximate surface area is 94.4 Å². The summed E-state index contributed by atoms with van der Waals surface area (Å²) in [5.74, 6) is -0.0440. The first-order valence-corrected chi connectivity index (χ1v) is 6.76. The monoisotopic (exact) mass is 234 g/mol. The van der Waals surface area contributed by atoms with Crippen LogP contribution in [0.5, 0.6) is 0 Å². The molecular formula is C10H22N2O2S. The number of amides is 1. The predicted octanol–water partition coefficient (Wildman–Crippen LogP) is 0.387. The van der Waals surface area contributed by atoms with E-state index in [-0.39, 0.29) is 23.0 Å². The molecule has 0 heterocycles. The molecule has 0 fully saturated rings. The normalized spacial score (nSPS) is 16.8. The molecule has 0 spiro atoms. The van der Waals surface area contributed by atoms with E-state index >= 15 is 0 Å². The maximum atomic E-state index is 11.6. The third-order valence-electron chi connectivity index (χ3n) is 2.32. The fraction of sp³-hybridized carbons (Fsp3) is 0.900. The maximum absolute atomic E-state index is 11.6. The Hall–Kier alpha value is -0.420. The molecule has 0 aromatic carbocycles. The molecule has 0 aromatic rings. The minimum Gasteiger partial charge on any atom is -0.353 e. The number of nitrogens with two attached hydrogens (primary N) is 1. The molecule has 5 heteroatoms. The van der Waals surface area contributed by atoms with Crippen LogP contribution in [0.2, 0.25) is 0 Å². The van der Waals surface area contributed by atoms with Gasteiger partial charge in [0.25, 0.3) is 0 Å². The van der Waals surface area contributed by atoms with Crippen LogP contribution in [-0.4, -0.2) is 33.7 Å². The minimum atomic E-state index is -1.11. The average Bonchev–Trinajstić information content (AvgIpc) is 2.17. The van der Waals surface area contributed by atoms with Gasteiger partial charge in [-0.1, -0.05) is 13.8 Å². The summed E-state index contributed by atoms with van der Waals surface area (Å²) >= 11 is 0. The van der Waals surface area contributed by atoms with E-state index in [9.17, 15) is 9.00 Å². The molecule has 1 amide bonds. The largest absolute Gasteiger partial charge is 0.353 e. The first-order valence-electron chi connectivity index (χ1n) is 5.37. The number of carbonyl (C=O) groups is 1. The van der Waals surface area contributed by atoms with Gasteiger partial charge in [0.05, 0.1) is 0 Å². The molecular weight excluding hydrogens is 212 g/mol. The molecule has 3 atom stereocenters. The van der Waals surface area contributed by atoms with Gasteiger partial charge in [-0.25, -0.2) is 0 Å². The number of rotatable bonds is 7. The quantitative estimate of drug-likeness (QED) is 0.669. The highest BCUT2D eigenvalue weighted by molar-refractivity contribution is 7.86. The minimum absolute atomic E-state index is 0.00215. The molecule has 0 aliphatic heterocycles. The van der Waals surface area contributed by atoms with Gasteiger partial charge in [0.15, 0.2) is 0 Å². The summed E-state index contributed by atoms with van der Waals surface area (Å²) in [6.45, 7) is 6.31. The van der Waals surface area contributed by atoms with Crippen molar-refractivity contribution in [3.63, 3.8) is 0 Å². The molecule has 3 unspecified atom stereocenters. The molecule has 0 saturated heterocycles. The van der Waals surface area contributed by atoms with Gasteiger partial charge in [0.1, 0.15) is 5.75 Å². The van der Waals surface area contributed by atoms with Gasteiger partial charge < -0.3 is 11.1 Å². The zero-order valence-corrected chi connectivity index (χ0v) is 10.6. The van der Waals surface area contributed by atoms with E-state index in [1.807, 2.05) is 20.8 Å². The Morgan fingerprint density at radius 1 is 1.47 bits per heavy atom. The van der Waals surface area contributed by atoms with E-state index in [1.54, 1.807) is 0 Å². The van der Waals surface area contributed by atoms with Gasteiger partial charge in [0, 0.05) is 22.1 Å². The number of nitrogens with one attached hydrogen (secondary N) is 1. The van der Waals surface area contributed by atoms with Crippen molar-refractivity contribution in [3.8, 4) is 0 Å². The SMILES string of the molecule is CCC(C)NC(=O)CS(=O)C(C)CCN. The van der Waals surface area contributed by atoms with Crippen LogP contribution >= 0.6 is 0 Å². The first kappa shape index (κ1) is 14.6. The summed E-state index contributed by atoms with van der Waals surface area (Å²) in [5.41, 5.74) is 5.37. The summed E-state index contributed by atoms with van der Waals surface area (Å²) in [6, 6.07) is 0.152. The molecule has 0 rings (SSSR count). The van der Waals surface area contributed by atoms with Gasteiger partial charge in [0.2, 0.25) is 5.91 Å². The standard InChI is InChI=1S/C10H22N2O2S/c1-4-8(2)12-10(13)7-15(14)9(3)5-6-11/h8-9H,4-7,11H2,1-3H3,(H,12,13). The summed E-state index contributed by atoms with van der Waals surface area (Å²) in [5, 5.41) is 2.79. The van der Waals surface area contributed by atoms with E-state index in [0.717, 1.165) is 6.42 Å². The zero-order valence-electron chi connectivity index (χ0n) is 9.79. The van der Waals surface area contributed by atoms with Gasteiger partial charge in [-0.05, 0) is 26.3 Å². The fourth-order valence-corrected chi connectivity index (χ4v) is 2.08. The molecule has 0 saturated carbocycles. The molecule has 0 aromatic heterocycles. The number of hydrogen-bond donors (Lipinski definition) is 2. The third kappa shape index (κ3) is 6.62. The Morgan fingerprint density at radius 3 is 2.53 bits per heavy atom. The van der Waals surface area contributed by atoms with Gasteiger partial charge >= 0.3 is 0 Å². The van der Waals surface area contributed by atoms with Crippen molar-refractivity contribution in [1.82, 2.24) is 5.32 Å². The highest BCUT2D eigenvalue weighted by Crippen LogP contribution is 2.00. The van der Waals surface area contributed by atoms with Crippen LogP contribution in [0, 0.1) is 0 Å². The third-order valence-corrected chi connectivity index (χ3v) is 4.00. The Kier molecular flexibility index (Phi) is 7.60. The summed E-state index contributed by atoms with van der Waals surface area (Å²) < 4.78 is 11.6. The summed E-state index contributed by atoms with van der Waals surface area (Å²) in [7, 11) is -1.11. The molecule has 0 bridgehead atoms. The van der Waals surface area contributed by atoms with E-state index in [0.29, 0.717) is 13.0 Å². The first-order chi connectivity index (χ1) is 7.01. The van der Waals surface area contributed by atoms with E-state index in [2.05, 4.69) is 5.32 Å². The molecule has 0 aliphatic carbocycles. The smallest absolute Gasteiger partial charge is 0.232 e. The van der Waals surface area contributed by atoms with Crippen molar-refractivity contribution in [1.29, 1.82) is 0 Å². The van der Waals surface area contributed by atoms with Crippen molar-refractivity contribution < 1.29 is 9.00 Å². The Balaban J connectivity index is 3.90. The molecule has 15 heavy (non-hydrogen) atoms. The molecule has 3 N–H and O–H groups in total. The van der Waals surface area contributed by atoms with Crippen LogP contribution < -0.4 is 11.1 Å². The van der Waals surface area contributed by atoms with E-state index in [1.165, 1.54) is 0 Å². The lowest BCUT2D eigenvalue weighted by Crippen LogP contribution is -2.36. The van der Waals surface area contributed by atoms with E-state index in [4.69, 9.17) is 5.73 Å². The fourth-order valence-electron chi connectivity index (χ4n) is 1.06. The topological polar surface area (TPSA) is 72.2 Å². The van der Waals surface area contributed by atoms with Crippen LogP contribution in [0.15, 0.2) is 0 Å². The van der Waals surface area contributed by atoms with Crippen LogP contribution in [0.3, 0.4) is 0 Å². The lowest BCUT2D eigenvalue weighted by molar-refractivity contribution is -0.119. The second-order valence-electron chi connectivity index (χ2n) is 3.79. The second-order valence-corrected chi connectivity index (χ2v) is 5.64. The summed E-state index contributed by atoms with van der Waals surface area (Å²) in [4.78, 5) is 11.4. The maximum Gasteiger partial charge on any atom is 0.232 e. The molecule has 0 aliphatic rings. The van der Waals surface area contributed by atoms with Crippen molar-refractivity contribution in [2.75, 3.05) is 12.3 Å². The van der Waals surface area contributed by atoms with E-state index < -0.39 is 10.8 Å². The number of hydrogen-bond acceptors (Lipinski definition) is 3. The van der Waals surface area contributed by atoms with Crippen molar-refractivity contribution in [3.05, 3.63) is 0 Å². The predicted molar refractivity (Wildman–Crippen MR) is 64.0 cm³/mol. The Bertz CT molecular complexity index is 221. The number of carbonyl (C=O) groups excluding carboxylic acids is 1. The second kappa shape index (κ2) is 7.82. The Morgan fingerprint density at radius 2 is 2.07 bits per heavy atom. The highest BCUT2D eigenvalue weighted by Gasteiger charge is 2.15. The van der Waals surface area contributed by atoms with Crippen molar-refractivity contribution in [2.45, 2.75) is 44.9 Å². The van der Waals surface area contributed by atoms with Gasteiger partial charge in [-0.2, -0.15) is 0 Å². The van der Waals surface area contributed by atoms with Gasteiger partial charge in [-0.3, -0.25) is 9.00 Å². The molecule has 0 radical (unpaired) electrons. The lowest BCUT2D eigenvalue weighted by atomic mass is 10.3. The highest BCUT2D eigenvalue weighted by atomic mass is 32.2. The molecule has 4 nitrogen and oxygen atoms in total. The summed E-state index contributed by atoms with van der Waals surface area (Å²) in [6.07, 6.45) is 1.58. The lowest BCUT2D eigenvalue weighted by Gasteiger charge is -2.13. The van der Waals surface area contributed by atoms with Crippen molar-refractivity contribution >= 4 is 16.7 Å².